The van der Waals surface area contributed by atoms with Crippen LogP contribution in [0.2, 0.25) is 0 Å². The van der Waals surface area contributed by atoms with Gasteiger partial charge in [0.1, 0.15) is 16.8 Å². The highest BCUT2D eigenvalue weighted by atomic mass is 32.2. The molecule has 1 heterocycles. The molecule has 0 amide bonds. The number of hydroxylamine groups is 1. The Morgan fingerprint density at radius 3 is 2.61 bits per heavy atom. The van der Waals surface area contributed by atoms with E-state index >= 15 is 0 Å². The van der Waals surface area contributed by atoms with Crippen LogP contribution in [-0.2, 0) is 11.2 Å². The lowest BCUT2D eigenvalue weighted by molar-refractivity contribution is 0.227. The minimum Gasteiger partial charge on any atom is -0.611 e. The molecule has 3 unspecified atom stereocenters. The number of rotatable bonds is 0. The molecule has 18 heavy (non-hydrogen) atoms. The van der Waals surface area contributed by atoms with Crippen LogP contribution in [-0.4, -0.2) is 20.8 Å². The van der Waals surface area contributed by atoms with E-state index in [1.165, 1.54) is 0 Å². The monoisotopic (exact) mass is 266 g/mol. The summed E-state index contributed by atoms with van der Waals surface area (Å²) in [7, 11) is 0. The standard InChI is InChI=1S/C13H18N2O2S/c1-7-5-8(2)12-11(6-7)14-13(15-16)9(3)10(4)18(12)17/h5-6,9-10,16H,1-4H3,(H,14,15). The number of nitrogens with zero attached hydrogens (tertiary/aromatic N) is 1. The van der Waals surface area contributed by atoms with Gasteiger partial charge in [-0.15, -0.1) is 0 Å². The highest BCUT2D eigenvalue weighted by Crippen LogP contribution is 2.36. The van der Waals surface area contributed by atoms with Crippen LogP contribution in [0.25, 0.3) is 0 Å². The van der Waals surface area contributed by atoms with E-state index in [2.05, 4.69) is 10.5 Å². The summed E-state index contributed by atoms with van der Waals surface area (Å²) < 4.78 is 12.6. The summed E-state index contributed by atoms with van der Waals surface area (Å²) in [6, 6.07) is 3.92. The van der Waals surface area contributed by atoms with Crippen LogP contribution < -0.4 is 5.48 Å². The van der Waals surface area contributed by atoms with Crippen molar-refractivity contribution in [3.63, 3.8) is 0 Å². The average Bonchev–Trinajstić information content (AvgIpc) is 2.40. The molecule has 0 aliphatic carbocycles. The maximum atomic E-state index is 12.6. The van der Waals surface area contributed by atoms with Gasteiger partial charge in [-0.25, -0.2) is 4.99 Å². The molecule has 2 rings (SSSR count). The number of fused-ring (bicyclic) bond motifs is 1. The Kier molecular flexibility index (Phi) is 3.66. The second-order valence-corrected chi connectivity index (χ2v) is 6.58. The third-order valence-electron chi connectivity index (χ3n) is 3.43. The lowest BCUT2D eigenvalue weighted by Crippen LogP contribution is -2.35. The lowest BCUT2D eigenvalue weighted by Gasteiger charge is -2.22. The van der Waals surface area contributed by atoms with Crippen molar-refractivity contribution in [3.8, 4) is 0 Å². The largest absolute Gasteiger partial charge is 0.611 e. The summed E-state index contributed by atoms with van der Waals surface area (Å²) >= 11 is -1.12. The lowest BCUT2D eigenvalue weighted by atomic mass is 10.1. The molecule has 0 radical (unpaired) electrons. The Morgan fingerprint density at radius 2 is 2.00 bits per heavy atom. The van der Waals surface area contributed by atoms with Crippen molar-refractivity contribution in [1.82, 2.24) is 5.48 Å². The Labute approximate surface area is 110 Å². The first-order chi connectivity index (χ1) is 8.45. The van der Waals surface area contributed by atoms with Crippen molar-refractivity contribution in [2.45, 2.75) is 37.8 Å². The third kappa shape index (κ3) is 2.13. The van der Waals surface area contributed by atoms with Crippen molar-refractivity contribution in [3.05, 3.63) is 23.3 Å². The number of amidine groups is 1. The molecule has 0 aromatic heterocycles. The van der Waals surface area contributed by atoms with Gasteiger partial charge in [0.25, 0.3) is 0 Å². The predicted molar refractivity (Wildman–Crippen MR) is 73.0 cm³/mol. The van der Waals surface area contributed by atoms with Crippen LogP contribution >= 0.6 is 0 Å². The molecule has 0 saturated heterocycles. The van der Waals surface area contributed by atoms with E-state index in [0.29, 0.717) is 11.5 Å². The summed E-state index contributed by atoms with van der Waals surface area (Å²) in [6.45, 7) is 7.77. The van der Waals surface area contributed by atoms with Crippen molar-refractivity contribution in [1.29, 1.82) is 0 Å². The fourth-order valence-electron chi connectivity index (χ4n) is 2.23. The summed E-state index contributed by atoms with van der Waals surface area (Å²) in [6.07, 6.45) is 0. The fraction of sp³-hybridized carbons (Fsp3) is 0.462. The van der Waals surface area contributed by atoms with Crippen LogP contribution in [0.4, 0.5) is 5.69 Å². The van der Waals surface area contributed by atoms with Crippen molar-refractivity contribution in [2.75, 3.05) is 0 Å². The molecule has 3 atom stereocenters. The van der Waals surface area contributed by atoms with Crippen LogP contribution in [0, 0.1) is 19.8 Å². The first-order valence-corrected chi connectivity index (χ1v) is 7.17. The predicted octanol–water partition coefficient (Wildman–Crippen LogP) is 2.46. The van der Waals surface area contributed by atoms with Gasteiger partial charge in [0.15, 0.2) is 4.90 Å². The van der Waals surface area contributed by atoms with Gasteiger partial charge < -0.3 is 4.55 Å². The minimum absolute atomic E-state index is 0.0806. The summed E-state index contributed by atoms with van der Waals surface area (Å²) in [5.41, 5.74) is 4.90. The quantitative estimate of drug-likeness (QED) is 0.560. The fourth-order valence-corrected chi connectivity index (χ4v) is 3.79. The second kappa shape index (κ2) is 4.91. The molecule has 2 N–H and O–H groups in total. The normalized spacial score (nSPS) is 27.2. The van der Waals surface area contributed by atoms with E-state index in [0.717, 1.165) is 16.0 Å². The number of aliphatic imine (C=N–C) groups is 1. The molecule has 0 bridgehead atoms. The molecule has 5 heteroatoms. The van der Waals surface area contributed by atoms with Gasteiger partial charge in [0.2, 0.25) is 0 Å². The number of nitrogens with one attached hydrogen (secondary N) is 1. The van der Waals surface area contributed by atoms with Gasteiger partial charge in [-0.3, -0.25) is 10.7 Å². The summed E-state index contributed by atoms with van der Waals surface area (Å²) in [4.78, 5) is 5.21. The van der Waals surface area contributed by atoms with Gasteiger partial charge in [-0.2, -0.15) is 0 Å². The van der Waals surface area contributed by atoms with Crippen LogP contribution in [0.5, 0.6) is 0 Å². The molecule has 1 aromatic rings. The Bertz CT molecular complexity index is 502. The molecular formula is C13H18N2O2S. The first-order valence-electron chi connectivity index (χ1n) is 5.96. The zero-order chi connectivity index (χ0) is 13.4. The van der Waals surface area contributed by atoms with Crippen LogP contribution in [0.3, 0.4) is 0 Å². The van der Waals surface area contributed by atoms with Gasteiger partial charge in [-0.05, 0) is 43.6 Å². The SMILES string of the molecule is Cc1cc(C)c2c(c1)N=C(NO)C(C)C(C)[S+]2[O-]. The molecule has 1 aliphatic heterocycles. The Balaban J connectivity index is 2.66. The van der Waals surface area contributed by atoms with E-state index in [9.17, 15) is 9.76 Å². The van der Waals surface area contributed by atoms with Crippen molar-refractivity contribution < 1.29 is 9.76 Å². The number of aryl methyl sites for hydroxylation is 2. The molecule has 1 aromatic carbocycles. The van der Waals surface area contributed by atoms with Gasteiger partial charge in [-0.1, -0.05) is 13.0 Å². The summed E-state index contributed by atoms with van der Waals surface area (Å²) in [5.74, 6) is 0.391. The molecule has 1 aliphatic rings. The highest BCUT2D eigenvalue weighted by Gasteiger charge is 2.35. The van der Waals surface area contributed by atoms with E-state index in [1.54, 1.807) is 0 Å². The van der Waals surface area contributed by atoms with E-state index in [1.807, 2.05) is 39.8 Å². The molecule has 0 fully saturated rings. The van der Waals surface area contributed by atoms with Gasteiger partial charge >= 0.3 is 0 Å². The molecule has 0 saturated carbocycles. The van der Waals surface area contributed by atoms with Crippen molar-refractivity contribution in [2.24, 2.45) is 10.9 Å². The molecular weight excluding hydrogens is 248 g/mol. The first kappa shape index (κ1) is 13.4. The number of hydrogen-bond donors (Lipinski definition) is 2. The smallest absolute Gasteiger partial charge is 0.181 e. The van der Waals surface area contributed by atoms with Crippen molar-refractivity contribution >= 4 is 22.7 Å². The van der Waals surface area contributed by atoms with Crippen LogP contribution in [0.1, 0.15) is 25.0 Å². The minimum atomic E-state index is -1.12. The summed E-state index contributed by atoms with van der Waals surface area (Å²) in [5, 5.41) is 9.08. The zero-order valence-electron chi connectivity index (χ0n) is 11.0. The maximum Gasteiger partial charge on any atom is 0.181 e. The van der Waals surface area contributed by atoms with Gasteiger partial charge in [0, 0.05) is 5.56 Å². The van der Waals surface area contributed by atoms with Crippen LogP contribution in [0.15, 0.2) is 22.0 Å². The Hall–Kier alpha value is -1.04. The second-order valence-electron chi connectivity index (χ2n) is 4.83. The maximum absolute atomic E-state index is 12.6. The number of hydrogen-bond acceptors (Lipinski definition) is 4. The zero-order valence-corrected chi connectivity index (χ0v) is 11.8. The molecule has 98 valence electrons. The highest BCUT2D eigenvalue weighted by molar-refractivity contribution is 7.92. The van der Waals surface area contributed by atoms with E-state index < -0.39 is 11.2 Å². The topological polar surface area (TPSA) is 67.7 Å². The van der Waals surface area contributed by atoms with E-state index in [4.69, 9.17) is 0 Å². The molecule has 0 spiro atoms. The number of benzene rings is 1. The third-order valence-corrected chi connectivity index (χ3v) is 5.45. The van der Waals surface area contributed by atoms with Gasteiger partial charge in [0.05, 0.1) is 5.92 Å². The average molecular weight is 266 g/mol. The van der Waals surface area contributed by atoms with E-state index in [-0.39, 0.29) is 11.2 Å². The molecule has 4 nitrogen and oxygen atoms in total. The Morgan fingerprint density at radius 1 is 1.33 bits per heavy atom.